The Balaban J connectivity index is 1.55. The first kappa shape index (κ1) is 22.4. The fourth-order valence-corrected chi connectivity index (χ4v) is 4.46. The Kier molecular flexibility index (Phi) is 6.46. The maximum absolute atomic E-state index is 13.4. The Morgan fingerprint density at radius 1 is 1.03 bits per heavy atom. The molecule has 0 bridgehead atoms. The van der Waals surface area contributed by atoms with Gasteiger partial charge in [0.15, 0.2) is 5.65 Å². The van der Waals surface area contributed by atoms with Gasteiger partial charge in [0.1, 0.15) is 11.5 Å². The number of piperidine rings is 1. The summed E-state index contributed by atoms with van der Waals surface area (Å²) in [5.74, 6) is -0.244. The van der Waals surface area contributed by atoms with Crippen LogP contribution in [0.2, 0.25) is 0 Å². The molecular formula is C25H22BrFN6O. The van der Waals surface area contributed by atoms with E-state index in [1.165, 1.54) is 12.1 Å². The second-order valence-electron chi connectivity index (χ2n) is 8.10. The fourth-order valence-electron chi connectivity index (χ4n) is 3.96. The van der Waals surface area contributed by atoms with E-state index in [1.807, 2.05) is 30.3 Å². The zero-order chi connectivity index (χ0) is 23.5. The van der Waals surface area contributed by atoms with Gasteiger partial charge in [0.25, 0.3) is 5.91 Å². The summed E-state index contributed by atoms with van der Waals surface area (Å²) in [6.07, 6.45) is 3.41. The quantitative estimate of drug-likeness (QED) is 0.349. The highest BCUT2D eigenvalue weighted by Crippen LogP contribution is 2.32. The van der Waals surface area contributed by atoms with E-state index >= 15 is 0 Å². The van der Waals surface area contributed by atoms with E-state index in [9.17, 15) is 9.18 Å². The van der Waals surface area contributed by atoms with E-state index in [4.69, 9.17) is 0 Å². The Morgan fingerprint density at radius 2 is 1.79 bits per heavy atom. The van der Waals surface area contributed by atoms with Gasteiger partial charge in [0.2, 0.25) is 5.95 Å². The number of benzene rings is 2. The first-order chi connectivity index (χ1) is 16.6. The fraction of sp³-hybridized carbons (Fsp3) is 0.200. The normalized spacial score (nSPS) is 14.2. The Labute approximate surface area is 204 Å². The minimum Gasteiger partial charge on any atom is -0.348 e. The number of pyridine rings is 1. The number of carbonyl (C=O) groups excluding carboxylic acids is 1. The summed E-state index contributed by atoms with van der Waals surface area (Å²) in [5.41, 5.74) is 2.92. The summed E-state index contributed by atoms with van der Waals surface area (Å²) in [5, 5.41) is 10.2. The number of halogens is 2. The topological polar surface area (TPSA) is 91.8 Å². The average Bonchev–Trinajstić information content (AvgIpc) is 2.85. The Hall–Kier alpha value is -3.43. The van der Waals surface area contributed by atoms with Crippen molar-refractivity contribution in [2.75, 3.05) is 18.4 Å². The van der Waals surface area contributed by atoms with Crippen molar-refractivity contribution in [3.63, 3.8) is 0 Å². The molecule has 2 aromatic carbocycles. The predicted octanol–water partition coefficient (Wildman–Crippen LogP) is 4.82. The van der Waals surface area contributed by atoms with Crippen LogP contribution in [0.4, 0.5) is 16.0 Å². The zero-order valence-corrected chi connectivity index (χ0v) is 19.8. The second-order valence-corrected chi connectivity index (χ2v) is 8.95. The summed E-state index contributed by atoms with van der Waals surface area (Å²) in [6, 6.07) is 15.6. The van der Waals surface area contributed by atoms with Crippen LogP contribution in [-0.4, -0.2) is 40.0 Å². The van der Waals surface area contributed by atoms with Crippen LogP contribution in [0, 0.1) is 5.82 Å². The maximum atomic E-state index is 13.4. The van der Waals surface area contributed by atoms with Gasteiger partial charge in [-0.15, -0.1) is 0 Å². The first-order valence-corrected chi connectivity index (χ1v) is 11.8. The molecule has 7 nitrogen and oxygen atoms in total. The maximum Gasteiger partial charge on any atom is 0.270 e. The molecule has 3 heterocycles. The molecule has 1 amide bonds. The minimum atomic E-state index is -0.323. The van der Waals surface area contributed by atoms with Crippen molar-refractivity contribution in [1.29, 1.82) is 0 Å². The molecule has 5 rings (SSSR count). The third kappa shape index (κ3) is 4.90. The number of anilines is 2. The molecule has 0 spiro atoms. The molecule has 0 unspecified atom stereocenters. The van der Waals surface area contributed by atoms with Crippen molar-refractivity contribution < 1.29 is 9.18 Å². The Bertz CT molecular complexity index is 1340. The highest BCUT2D eigenvalue weighted by atomic mass is 79.9. The molecule has 34 heavy (non-hydrogen) atoms. The van der Waals surface area contributed by atoms with Crippen LogP contribution < -0.4 is 16.0 Å². The summed E-state index contributed by atoms with van der Waals surface area (Å²) >= 11 is 3.60. The van der Waals surface area contributed by atoms with E-state index in [0.29, 0.717) is 33.9 Å². The Morgan fingerprint density at radius 3 is 2.56 bits per heavy atom. The van der Waals surface area contributed by atoms with Gasteiger partial charge >= 0.3 is 0 Å². The van der Waals surface area contributed by atoms with E-state index in [1.54, 1.807) is 18.3 Å². The van der Waals surface area contributed by atoms with Gasteiger partial charge in [-0.05, 0) is 67.9 Å². The number of carbonyl (C=O) groups is 1. The zero-order valence-electron chi connectivity index (χ0n) is 18.2. The lowest BCUT2D eigenvalue weighted by atomic mass is 10.0. The van der Waals surface area contributed by atoms with Gasteiger partial charge in [0, 0.05) is 33.3 Å². The lowest BCUT2D eigenvalue weighted by molar-refractivity contribution is 0.0925. The van der Waals surface area contributed by atoms with Crippen LogP contribution in [0.15, 0.2) is 65.3 Å². The molecule has 172 valence electrons. The molecule has 0 aliphatic carbocycles. The highest BCUT2D eigenvalue weighted by Gasteiger charge is 2.22. The highest BCUT2D eigenvalue weighted by molar-refractivity contribution is 9.10. The van der Waals surface area contributed by atoms with Gasteiger partial charge in [-0.1, -0.05) is 34.1 Å². The summed E-state index contributed by atoms with van der Waals surface area (Å²) in [7, 11) is 0. The van der Waals surface area contributed by atoms with Crippen LogP contribution in [0.3, 0.4) is 0 Å². The number of amides is 1. The van der Waals surface area contributed by atoms with Crippen LogP contribution in [0.1, 0.15) is 23.3 Å². The van der Waals surface area contributed by atoms with Gasteiger partial charge < -0.3 is 16.0 Å². The van der Waals surface area contributed by atoms with Crippen LogP contribution in [0.25, 0.3) is 22.2 Å². The average molecular weight is 521 g/mol. The van der Waals surface area contributed by atoms with Crippen LogP contribution in [-0.2, 0) is 0 Å². The number of hydrogen-bond donors (Lipinski definition) is 3. The third-order valence-electron chi connectivity index (χ3n) is 5.72. The predicted molar refractivity (Wildman–Crippen MR) is 134 cm³/mol. The molecule has 1 fully saturated rings. The number of aromatic nitrogens is 3. The number of nitrogens with one attached hydrogen (secondary N) is 3. The lowest BCUT2D eigenvalue weighted by Crippen LogP contribution is -2.43. The molecule has 9 heteroatoms. The third-order valence-corrected chi connectivity index (χ3v) is 6.41. The first-order valence-electron chi connectivity index (χ1n) is 11.0. The number of rotatable bonds is 5. The van der Waals surface area contributed by atoms with E-state index in [0.717, 1.165) is 36.0 Å². The van der Waals surface area contributed by atoms with Crippen molar-refractivity contribution >= 4 is 44.5 Å². The van der Waals surface area contributed by atoms with Crippen molar-refractivity contribution in [3.8, 4) is 11.1 Å². The van der Waals surface area contributed by atoms with Gasteiger partial charge in [0.05, 0.1) is 0 Å². The van der Waals surface area contributed by atoms with Crippen LogP contribution >= 0.6 is 15.9 Å². The van der Waals surface area contributed by atoms with Gasteiger partial charge in [-0.2, -0.15) is 4.98 Å². The SMILES string of the molecule is O=C(NC1CCNCC1)c1nc2nc(Nc3ccc(F)cc3)ncc2cc1-c1ccccc1Br. The van der Waals surface area contributed by atoms with E-state index in [-0.39, 0.29) is 17.8 Å². The molecule has 1 aliphatic heterocycles. The van der Waals surface area contributed by atoms with Crippen molar-refractivity contribution in [2.24, 2.45) is 0 Å². The monoisotopic (exact) mass is 520 g/mol. The van der Waals surface area contributed by atoms with E-state index in [2.05, 4.69) is 46.8 Å². The molecule has 0 saturated carbocycles. The molecule has 0 atom stereocenters. The molecule has 1 saturated heterocycles. The van der Waals surface area contributed by atoms with Crippen molar-refractivity contribution in [1.82, 2.24) is 25.6 Å². The molecule has 3 N–H and O–H groups in total. The molecule has 0 radical (unpaired) electrons. The molecule has 1 aliphatic rings. The molecule has 2 aromatic heterocycles. The molecule has 4 aromatic rings. The molecular weight excluding hydrogens is 499 g/mol. The second kappa shape index (κ2) is 9.82. The smallest absolute Gasteiger partial charge is 0.270 e. The van der Waals surface area contributed by atoms with E-state index < -0.39 is 0 Å². The van der Waals surface area contributed by atoms with Crippen LogP contribution in [0.5, 0.6) is 0 Å². The number of nitrogens with zero attached hydrogens (tertiary/aromatic N) is 3. The summed E-state index contributed by atoms with van der Waals surface area (Å²) < 4.78 is 14.1. The standard InChI is InChI=1S/C25H22BrFN6O/c26-21-4-2-1-3-19(21)20-13-15-14-29-25(31-17-7-5-16(27)6-8-17)33-23(15)32-22(20)24(34)30-18-9-11-28-12-10-18/h1-8,13-14,18,28H,9-12H2,(H,30,34)(H,29,31,32,33). The number of hydrogen-bond acceptors (Lipinski definition) is 6. The largest absolute Gasteiger partial charge is 0.348 e. The van der Waals surface area contributed by atoms with Crippen molar-refractivity contribution in [2.45, 2.75) is 18.9 Å². The van der Waals surface area contributed by atoms with Gasteiger partial charge in [-0.3, -0.25) is 4.79 Å². The lowest BCUT2D eigenvalue weighted by Gasteiger charge is -2.24. The minimum absolute atomic E-state index is 0.0967. The van der Waals surface area contributed by atoms with Gasteiger partial charge in [-0.25, -0.2) is 14.4 Å². The van der Waals surface area contributed by atoms with Crippen molar-refractivity contribution in [3.05, 3.63) is 76.8 Å². The summed E-state index contributed by atoms with van der Waals surface area (Å²) in [4.78, 5) is 26.9. The number of fused-ring (bicyclic) bond motifs is 1. The summed E-state index contributed by atoms with van der Waals surface area (Å²) in [6.45, 7) is 1.75.